The third-order valence-corrected chi connectivity index (χ3v) is 4.69. The van der Waals surface area contributed by atoms with Gasteiger partial charge in [0.05, 0.1) is 11.1 Å². The van der Waals surface area contributed by atoms with E-state index in [0.29, 0.717) is 21.5 Å². The van der Waals surface area contributed by atoms with Crippen molar-refractivity contribution in [3.63, 3.8) is 0 Å². The Morgan fingerprint density at radius 1 is 1.35 bits per heavy atom. The topological polar surface area (TPSA) is 106 Å². The normalized spacial score (nSPS) is 11.1. The monoisotopic (exact) mass is 389 g/mol. The highest BCUT2D eigenvalue weighted by molar-refractivity contribution is 7.98. The molecule has 8 nitrogen and oxygen atoms in total. The smallest absolute Gasteiger partial charge is 0.311 e. The number of thioether (sulfide) groups is 1. The zero-order valence-corrected chi connectivity index (χ0v) is 14.8. The predicted molar refractivity (Wildman–Crippen MR) is 98.8 cm³/mol. The lowest BCUT2D eigenvalue weighted by molar-refractivity contribution is -0.385. The van der Waals surface area contributed by atoms with E-state index in [1.807, 2.05) is 24.3 Å². The summed E-state index contributed by atoms with van der Waals surface area (Å²) in [5.41, 5.74) is 1.04. The number of aromatic hydroxyl groups is 1. The van der Waals surface area contributed by atoms with Crippen molar-refractivity contribution in [1.29, 1.82) is 0 Å². The van der Waals surface area contributed by atoms with Gasteiger partial charge >= 0.3 is 5.69 Å². The number of hydrogen-bond donors (Lipinski definition) is 1. The van der Waals surface area contributed by atoms with Crippen molar-refractivity contribution in [2.75, 3.05) is 0 Å². The van der Waals surface area contributed by atoms with Gasteiger partial charge in [0.2, 0.25) is 5.16 Å². The molecule has 0 spiro atoms. The first kappa shape index (κ1) is 17.9. The van der Waals surface area contributed by atoms with Gasteiger partial charge in [-0.1, -0.05) is 41.6 Å². The summed E-state index contributed by atoms with van der Waals surface area (Å²) in [6, 6.07) is 11.5. The first-order valence-electron chi connectivity index (χ1n) is 7.32. The van der Waals surface area contributed by atoms with Gasteiger partial charge in [0, 0.05) is 22.4 Å². The van der Waals surface area contributed by atoms with Crippen molar-refractivity contribution in [2.24, 2.45) is 5.10 Å². The fraction of sp³-hybridized carbons (Fsp3) is 0.0625. The molecular formula is C16H12ClN5O3S. The van der Waals surface area contributed by atoms with E-state index in [9.17, 15) is 15.2 Å². The Hall–Kier alpha value is -2.91. The minimum Gasteiger partial charge on any atom is -0.502 e. The third kappa shape index (κ3) is 4.19. The van der Waals surface area contributed by atoms with E-state index < -0.39 is 10.7 Å². The number of nitro groups is 1. The third-order valence-electron chi connectivity index (χ3n) is 3.34. The second kappa shape index (κ2) is 7.98. The second-order valence-electron chi connectivity index (χ2n) is 5.09. The van der Waals surface area contributed by atoms with E-state index in [0.717, 1.165) is 5.56 Å². The van der Waals surface area contributed by atoms with Crippen molar-refractivity contribution in [3.05, 3.63) is 75.1 Å². The molecule has 0 aliphatic heterocycles. The molecule has 0 amide bonds. The lowest BCUT2D eigenvalue weighted by atomic mass is 10.2. The Balaban J connectivity index is 1.75. The van der Waals surface area contributed by atoms with Crippen LogP contribution in [0.25, 0.3) is 0 Å². The minimum atomic E-state index is -0.656. The van der Waals surface area contributed by atoms with Gasteiger partial charge in [-0.2, -0.15) is 9.78 Å². The number of benzene rings is 2. The first-order chi connectivity index (χ1) is 12.5. The van der Waals surface area contributed by atoms with E-state index in [1.165, 1.54) is 47.2 Å². The number of rotatable bonds is 6. The molecule has 1 heterocycles. The zero-order valence-electron chi connectivity index (χ0n) is 13.2. The van der Waals surface area contributed by atoms with Crippen LogP contribution in [0.1, 0.15) is 11.1 Å². The average Bonchev–Trinajstić information content (AvgIpc) is 3.07. The molecule has 3 rings (SSSR count). The summed E-state index contributed by atoms with van der Waals surface area (Å²) in [4.78, 5) is 10.2. The van der Waals surface area contributed by atoms with Crippen molar-refractivity contribution in [1.82, 2.24) is 14.9 Å². The summed E-state index contributed by atoms with van der Waals surface area (Å²) in [5, 5.41) is 33.6. The summed E-state index contributed by atoms with van der Waals surface area (Å²) in [5.74, 6) is 0.200. The van der Waals surface area contributed by atoms with Crippen molar-refractivity contribution in [2.45, 2.75) is 10.9 Å². The summed E-state index contributed by atoms with van der Waals surface area (Å²) in [6.07, 6.45) is 2.86. The summed E-state index contributed by atoms with van der Waals surface area (Å²) < 4.78 is 1.46. The Morgan fingerprint density at radius 2 is 2.15 bits per heavy atom. The van der Waals surface area contributed by atoms with Crippen molar-refractivity contribution in [3.8, 4) is 5.75 Å². The molecule has 0 saturated heterocycles. The highest BCUT2D eigenvalue weighted by Gasteiger charge is 2.13. The van der Waals surface area contributed by atoms with E-state index >= 15 is 0 Å². The predicted octanol–water partition coefficient (Wildman–Crippen LogP) is 3.72. The molecule has 132 valence electrons. The molecule has 0 saturated carbocycles. The van der Waals surface area contributed by atoms with Gasteiger partial charge in [0.15, 0.2) is 5.75 Å². The van der Waals surface area contributed by atoms with Gasteiger partial charge in [-0.05, 0) is 23.8 Å². The summed E-state index contributed by atoms with van der Waals surface area (Å²) >= 11 is 7.55. The first-order valence-corrected chi connectivity index (χ1v) is 8.69. The van der Waals surface area contributed by atoms with Crippen molar-refractivity contribution < 1.29 is 10.0 Å². The largest absolute Gasteiger partial charge is 0.502 e. The van der Waals surface area contributed by atoms with Crippen LogP contribution in [0.3, 0.4) is 0 Å². The van der Waals surface area contributed by atoms with Crippen LogP contribution in [0.15, 0.2) is 59.0 Å². The average molecular weight is 390 g/mol. The molecule has 0 fully saturated rings. The van der Waals surface area contributed by atoms with Crippen LogP contribution in [0.2, 0.25) is 5.02 Å². The number of hydrogen-bond acceptors (Lipinski definition) is 7. The Labute approximate surface area is 157 Å². The Kier molecular flexibility index (Phi) is 5.49. The van der Waals surface area contributed by atoms with Gasteiger partial charge in [-0.25, -0.2) is 0 Å². The van der Waals surface area contributed by atoms with Crippen LogP contribution < -0.4 is 0 Å². The van der Waals surface area contributed by atoms with Gasteiger partial charge in [-0.3, -0.25) is 10.1 Å². The molecule has 0 atom stereocenters. The number of phenolic OH excluding ortho intramolecular Hbond substituents is 1. The molecule has 0 aliphatic carbocycles. The van der Waals surface area contributed by atoms with Gasteiger partial charge in [0.1, 0.15) is 6.33 Å². The SMILES string of the molecule is O=[N+]([O-])c1cc(/C=N\n2cnnc2SCc2ccccc2Cl)ccc1O. The van der Waals surface area contributed by atoms with Crippen LogP contribution >= 0.6 is 23.4 Å². The maximum Gasteiger partial charge on any atom is 0.311 e. The molecule has 0 unspecified atom stereocenters. The summed E-state index contributed by atoms with van der Waals surface area (Å²) in [7, 11) is 0. The number of aromatic nitrogens is 3. The van der Waals surface area contributed by atoms with E-state index in [1.54, 1.807) is 0 Å². The molecule has 0 aliphatic rings. The number of nitro benzene ring substituents is 1. The maximum absolute atomic E-state index is 10.9. The molecule has 3 aromatic rings. The number of phenols is 1. The molecule has 26 heavy (non-hydrogen) atoms. The molecule has 0 radical (unpaired) electrons. The quantitative estimate of drug-likeness (QED) is 0.298. The fourth-order valence-corrected chi connectivity index (χ4v) is 3.20. The molecule has 1 N–H and O–H groups in total. The Morgan fingerprint density at radius 3 is 2.92 bits per heavy atom. The van der Waals surface area contributed by atoms with Gasteiger partial charge in [0.25, 0.3) is 0 Å². The van der Waals surface area contributed by atoms with Crippen LogP contribution in [0.4, 0.5) is 5.69 Å². The molecule has 2 aromatic carbocycles. The minimum absolute atomic E-state index is 0.383. The fourth-order valence-electron chi connectivity index (χ4n) is 2.05. The van der Waals surface area contributed by atoms with Crippen LogP contribution in [-0.2, 0) is 5.75 Å². The molecule has 10 heteroatoms. The number of halogens is 1. The van der Waals surface area contributed by atoms with E-state index in [-0.39, 0.29) is 5.69 Å². The highest BCUT2D eigenvalue weighted by Crippen LogP contribution is 2.26. The molecule has 0 bridgehead atoms. The lowest BCUT2D eigenvalue weighted by Crippen LogP contribution is -1.94. The summed E-state index contributed by atoms with van der Waals surface area (Å²) in [6.45, 7) is 0. The second-order valence-corrected chi connectivity index (χ2v) is 6.44. The van der Waals surface area contributed by atoms with Crippen LogP contribution in [0.5, 0.6) is 5.75 Å². The van der Waals surface area contributed by atoms with Crippen LogP contribution in [0, 0.1) is 10.1 Å². The highest BCUT2D eigenvalue weighted by atomic mass is 35.5. The Bertz CT molecular complexity index is 976. The van der Waals surface area contributed by atoms with Gasteiger partial charge < -0.3 is 5.11 Å². The van der Waals surface area contributed by atoms with E-state index in [2.05, 4.69) is 15.3 Å². The van der Waals surface area contributed by atoms with E-state index in [4.69, 9.17) is 11.6 Å². The standard InChI is InChI=1S/C16H12ClN5O3S/c17-13-4-2-1-3-12(13)9-26-16-20-18-10-21(16)19-8-11-5-6-15(23)14(7-11)22(24)25/h1-8,10,23H,9H2/b19-8-. The van der Waals surface area contributed by atoms with Crippen LogP contribution in [-0.4, -0.2) is 31.1 Å². The lowest BCUT2D eigenvalue weighted by Gasteiger charge is -2.03. The zero-order chi connectivity index (χ0) is 18.5. The van der Waals surface area contributed by atoms with Crippen molar-refractivity contribution >= 4 is 35.3 Å². The molecule has 1 aromatic heterocycles. The molecular weight excluding hydrogens is 378 g/mol. The maximum atomic E-state index is 10.9. The van der Waals surface area contributed by atoms with Gasteiger partial charge in [-0.15, -0.1) is 10.2 Å². The number of nitrogens with zero attached hydrogens (tertiary/aromatic N) is 5.